The van der Waals surface area contributed by atoms with Crippen molar-refractivity contribution in [2.45, 2.75) is 45.2 Å². The lowest BCUT2D eigenvalue weighted by Crippen LogP contribution is -2.42. The summed E-state index contributed by atoms with van der Waals surface area (Å²) in [6.07, 6.45) is 1.28. The van der Waals surface area contributed by atoms with Crippen LogP contribution in [0.15, 0.2) is 12.3 Å². The number of halogens is 2. The highest BCUT2D eigenvalue weighted by molar-refractivity contribution is 7.88. The van der Waals surface area contributed by atoms with Crippen LogP contribution in [0.5, 0.6) is 0 Å². The summed E-state index contributed by atoms with van der Waals surface area (Å²) in [6.45, 7) is 4.64. The molecule has 12 heteroatoms. The maximum absolute atomic E-state index is 13.6. The molecule has 1 aromatic carbocycles. The van der Waals surface area contributed by atoms with Crippen molar-refractivity contribution in [3.05, 3.63) is 17.8 Å². The van der Waals surface area contributed by atoms with Gasteiger partial charge in [-0.15, -0.1) is 5.10 Å². The van der Waals surface area contributed by atoms with Crippen molar-refractivity contribution in [3.63, 3.8) is 0 Å². The van der Waals surface area contributed by atoms with Crippen LogP contribution in [-0.4, -0.2) is 63.1 Å². The van der Waals surface area contributed by atoms with Gasteiger partial charge in [-0.1, -0.05) is 5.21 Å². The molecule has 0 bridgehead atoms. The summed E-state index contributed by atoms with van der Waals surface area (Å²) >= 11 is 0. The van der Waals surface area contributed by atoms with Crippen molar-refractivity contribution in [2.24, 2.45) is 0 Å². The van der Waals surface area contributed by atoms with E-state index in [-0.39, 0.29) is 23.2 Å². The van der Waals surface area contributed by atoms with E-state index in [2.05, 4.69) is 25.6 Å². The first-order chi connectivity index (χ1) is 14.1. The number of hydrogen-bond acceptors (Lipinski definition) is 7. The van der Waals surface area contributed by atoms with E-state index in [1.165, 1.54) is 22.8 Å². The van der Waals surface area contributed by atoms with Crippen molar-refractivity contribution in [1.82, 2.24) is 29.3 Å². The highest BCUT2D eigenvalue weighted by Crippen LogP contribution is 2.33. The fourth-order valence-electron chi connectivity index (χ4n) is 3.74. The van der Waals surface area contributed by atoms with E-state index in [0.29, 0.717) is 48.3 Å². The molecule has 162 valence electrons. The Kier molecular flexibility index (Phi) is 5.30. The van der Waals surface area contributed by atoms with Crippen molar-refractivity contribution in [1.29, 1.82) is 0 Å². The normalized spacial score (nSPS) is 16.9. The summed E-state index contributed by atoms with van der Waals surface area (Å²) in [5.41, 5.74) is 0.897. The highest BCUT2D eigenvalue weighted by Gasteiger charge is 2.26. The second-order valence-electron chi connectivity index (χ2n) is 7.80. The Bertz CT molecular complexity index is 1190. The molecule has 0 saturated carbocycles. The fraction of sp³-hybridized carbons (Fsp3) is 0.556. The summed E-state index contributed by atoms with van der Waals surface area (Å²) in [4.78, 5) is 8.87. The van der Waals surface area contributed by atoms with E-state index in [9.17, 15) is 17.2 Å². The van der Waals surface area contributed by atoms with Crippen LogP contribution >= 0.6 is 0 Å². The number of alkyl halides is 2. The Morgan fingerprint density at radius 3 is 2.50 bits per heavy atom. The van der Waals surface area contributed by atoms with E-state index < -0.39 is 16.4 Å². The summed E-state index contributed by atoms with van der Waals surface area (Å²) in [5.74, 6) is 0.364. The van der Waals surface area contributed by atoms with Crippen molar-refractivity contribution in [2.75, 3.05) is 24.7 Å². The Morgan fingerprint density at radius 2 is 1.90 bits per heavy atom. The third-order valence-electron chi connectivity index (χ3n) is 5.30. The number of aromatic nitrogens is 5. The van der Waals surface area contributed by atoms with Crippen LogP contribution in [0.2, 0.25) is 0 Å². The van der Waals surface area contributed by atoms with Gasteiger partial charge in [0.1, 0.15) is 16.6 Å². The number of fused-ring (bicyclic) bond motifs is 3. The van der Waals surface area contributed by atoms with Gasteiger partial charge in [0.05, 0.1) is 6.26 Å². The van der Waals surface area contributed by atoms with E-state index >= 15 is 0 Å². The molecule has 4 rings (SSSR count). The SMILES string of the molecule is CC(C)n1nnc2c(C(F)F)cc3cnc(NC4CCN(S(C)(=O)=O)CC4)nc3c21. The monoisotopic (exact) mass is 439 g/mol. The Labute approximate surface area is 172 Å². The molecule has 1 N–H and O–H groups in total. The molecule has 0 radical (unpaired) electrons. The van der Waals surface area contributed by atoms with Crippen LogP contribution in [0, 0.1) is 0 Å². The molecule has 2 aromatic heterocycles. The molecule has 0 spiro atoms. The lowest BCUT2D eigenvalue weighted by molar-refractivity contribution is 0.153. The molecule has 1 aliphatic heterocycles. The summed E-state index contributed by atoms with van der Waals surface area (Å²) in [7, 11) is -3.20. The number of benzene rings is 1. The van der Waals surface area contributed by atoms with Crippen LogP contribution in [0.25, 0.3) is 21.9 Å². The van der Waals surface area contributed by atoms with Gasteiger partial charge in [0, 0.05) is 42.3 Å². The van der Waals surface area contributed by atoms with Crippen LogP contribution in [0.3, 0.4) is 0 Å². The number of hydrogen-bond donors (Lipinski definition) is 1. The number of piperidine rings is 1. The van der Waals surface area contributed by atoms with E-state index in [1.807, 2.05) is 13.8 Å². The molecular formula is C18H23F2N7O2S. The summed E-state index contributed by atoms with van der Waals surface area (Å²) in [6, 6.07) is 1.29. The second kappa shape index (κ2) is 7.65. The average molecular weight is 439 g/mol. The Morgan fingerprint density at radius 1 is 1.20 bits per heavy atom. The predicted octanol–water partition coefficient (Wildman–Crippen LogP) is 2.73. The molecule has 3 aromatic rings. The van der Waals surface area contributed by atoms with Gasteiger partial charge in [-0.25, -0.2) is 36.2 Å². The second-order valence-corrected chi connectivity index (χ2v) is 9.79. The third-order valence-corrected chi connectivity index (χ3v) is 6.60. The van der Waals surface area contributed by atoms with Crippen molar-refractivity contribution in [3.8, 4) is 0 Å². The Hall–Kier alpha value is -2.47. The molecule has 0 aliphatic carbocycles. The molecule has 3 heterocycles. The molecule has 1 saturated heterocycles. The predicted molar refractivity (Wildman–Crippen MR) is 109 cm³/mol. The van der Waals surface area contributed by atoms with E-state index in [4.69, 9.17) is 0 Å². The van der Waals surface area contributed by atoms with Gasteiger partial charge >= 0.3 is 0 Å². The van der Waals surface area contributed by atoms with Gasteiger partial charge < -0.3 is 5.32 Å². The highest BCUT2D eigenvalue weighted by atomic mass is 32.2. The number of nitrogens with one attached hydrogen (secondary N) is 1. The number of sulfonamides is 1. The quantitative estimate of drug-likeness (QED) is 0.651. The van der Waals surface area contributed by atoms with Crippen LogP contribution < -0.4 is 5.32 Å². The molecule has 1 fully saturated rings. The van der Waals surface area contributed by atoms with Gasteiger partial charge in [-0.2, -0.15) is 0 Å². The van der Waals surface area contributed by atoms with Crippen LogP contribution in [0.1, 0.15) is 44.7 Å². The summed E-state index contributed by atoms with van der Waals surface area (Å²) in [5, 5.41) is 11.8. The molecule has 30 heavy (non-hydrogen) atoms. The zero-order valence-corrected chi connectivity index (χ0v) is 17.7. The maximum Gasteiger partial charge on any atom is 0.266 e. The minimum atomic E-state index is -3.20. The molecular weight excluding hydrogens is 416 g/mol. The average Bonchev–Trinajstić information content (AvgIpc) is 3.12. The van der Waals surface area contributed by atoms with Gasteiger partial charge in [0.15, 0.2) is 0 Å². The van der Waals surface area contributed by atoms with Gasteiger partial charge in [0.25, 0.3) is 6.43 Å². The van der Waals surface area contributed by atoms with Crippen molar-refractivity contribution >= 4 is 37.9 Å². The van der Waals surface area contributed by atoms with Crippen LogP contribution in [0.4, 0.5) is 14.7 Å². The first-order valence-corrected chi connectivity index (χ1v) is 11.5. The Balaban J connectivity index is 1.70. The van der Waals surface area contributed by atoms with Gasteiger partial charge in [0.2, 0.25) is 16.0 Å². The smallest absolute Gasteiger partial charge is 0.266 e. The zero-order chi connectivity index (χ0) is 21.6. The maximum atomic E-state index is 13.6. The van der Waals surface area contributed by atoms with Gasteiger partial charge in [-0.05, 0) is 32.8 Å². The minimum Gasteiger partial charge on any atom is -0.351 e. The molecule has 9 nitrogen and oxygen atoms in total. The lowest BCUT2D eigenvalue weighted by Gasteiger charge is -2.30. The van der Waals surface area contributed by atoms with Crippen LogP contribution in [-0.2, 0) is 10.0 Å². The summed E-state index contributed by atoms with van der Waals surface area (Å²) < 4.78 is 53.5. The molecule has 0 amide bonds. The largest absolute Gasteiger partial charge is 0.351 e. The molecule has 0 unspecified atom stereocenters. The molecule has 0 atom stereocenters. The third kappa shape index (κ3) is 3.81. The molecule has 1 aliphatic rings. The standard InChI is InChI=1S/C18H23F2N7O2S/c1-10(2)27-16-14-11(8-13(17(19)20)15(16)24-25-27)9-21-18(23-14)22-12-4-6-26(7-5-12)30(3,28)29/h8-10,12,17H,4-7H2,1-3H3,(H,21,22,23). The first-order valence-electron chi connectivity index (χ1n) is 9.69. The number of rotatable bonds is 5. The zero-order valence-electron chi connectivity index (χ0n) is 16.9. The van der Waals surface area contributed by atoms with E-state index in [1.54, 1.807) is 4.68 Å². The van der Waals surface area contributed by atoms with E-state index in [0.717, 1.165) is 0 Å². The fourth-order valence-corrected chi connectivity index (χ4v) is 4.62. The topological polar surface area (TPSA) is 106 Å². The minimum absolute atomic E-state index is 0.0180. The van der Waals surface area contributed by atoms with Crippen molar-refractivity contribution < 1.29 is 17.2 Å². The number of nitrogens with zero attached hydrogens (tertiary/aromatic N) is 6. The number of anilines is 1. The van der Waals surface area contributed by atoms with Gasteiger partial charge in [-0.3, -0.25) is 0 Å². The lowest BCUT2D eigenvalue weighted by atomic mass is 10.1. The first kappa shape index (κ1) is 20.8.